The van der Waals surface area contributed by atoms with Crippen LogP contribution in [0, 0.1) is 6.92 Å². The maximum atomic E-state index is 12.8. The van der Waals surface area contributed by atoms with Crippen molar-refractivity contribution in [2.45, 2.75) is 30.7 Å². The van der Waals surface area contributed by atoms with Crippen LogP contribution in [-0.4, -0.2) is 45.4 Å². The van der Waals surface area contributed by atoms with Crippen molar-refractivity contribution >= 4 is 15.9 Å². The molecule has 1 saturated heterocycles. The van der Waals surface area contributed by atoms with E-state index in [1.807, 2.05) is 0 Å². The number of amides is 1. The van der Waals surface area contributed by atoms with Gasteiger partial charge in [0, 0.05) is 19.7 Å². The number of likely N-dealkylation sites (N-methyl/N-ethyl adjacent to an activating group) is 1. The Hall–Kier alpha value is -1.60. The number of methoxy groups -OCH3 is 1. The van der Waals surface area contributed by atoms with Gasteiger partial charge in [0.25, 0.3) is 0 Å². The Morgan fingerprint density at radius 2 is 2.14 bits per heavy atom. The van der Waals surface area contributed by atoms with Crippen molar-refractivity contribution in [2.75, 3.05) is 20.7 Å². The molecule has 1 aromatic carbocycles. The van der Waals surface area contributed by atoms with Gasteiger partial charge in [-0.2, -0.15) is 4.31 Å². The molecule has 116 valence electrons. The van der Waals surface area contributed by atoms with Crippen LogP contribution < -0.4 is 10.1 Å². The van der Waals surface area contributed by atoms with Crippen LogP contribution in [0.5, 0.6) is 5.75 Å². The number of ether oxygens (including phenoxy) is 1. The fourth-order valence-electron chi connectivity index (χ4n) is 2.57. The number of rotatable bonds is 4. The van der Waals surface area contributed by atoms with Gasteiger partial charge in [0.15, 0.2) is 0 Å². The van der Waals surface area contributed by atoms with Crippen molar-refractivity contribution in [1.82, 2.24) is 9.62 Å². The number of nitrogens with zero attached hydrogens (tertiary/aromatic N) is 1. The summed E-state index contributed by atoms with van der Waals surface area (Å²) in [5, 5.41) is 2.53. The lowest BCUT2D eigenvalue weighted by molar-refractivity contribution is -0.123. The molecular formula is C14H20N2O4S. The Morgan fingerprint density at radius 1 is 1.43 bits per heavy atom. The van der Waals surface area contributed by atoms with Gasteiger partial charge in [-0.15, -0.1) is 0 Å². The molecule has 1 heterocycles. The van der Waals surface area contributed by atoms with Crippen molar-refractivity contribution < 1.29 is 17.9 Å². The third-order valence-corrected chi connectivity index (χ3v) is 5.78. The number of hydrogen-bond acceptors (Lipinski definition) is 4. The Kier molecular flexibility index (Phi) is 4.53. The summed E-state index contributed by atoms with van der Waals surface area (Å²) in [6, 6.07) is 4.29. The topological polar surface area (TPSA) is 75.7 Å². The fraction of sp³-hybridized carbons (Fsp3) is 0.500. The van der Waals surface area contributed by atoms with Gasteiger partial charge in [0.2, 0.25) is 15.9 Å². The second-order valence-electron chi connectivity index (χ2n) is 5.02. The Labute approximate surface area is 125 Å². The second-order valence-corrected chi connectivity index (χ2v) is 6.88. The number of nitrogens with one attached hydrogen (secondary N) is 1. The van der Waals surface area contributed by atoms with Gasteiger partial charge in [-0.25, -0.2) is 8.42 Å². The van der Waals surface area contributed by atoms with Gasteiger partial charge >= 0.3 is 0 Å². The third-order valence-electron chi connectivity index (χ3n) is 3.73. The number of aryl methyl sites for hydroxylation is 1. The molecule has 1 aliphatic rings. The molecular weight excluding hydrogens is 292 g/mol. The summed E-state index contributed by atoms with van der Waals surface area (Å²) >= 11 is 0. The molecule has 1 aliphatic heterocycles. The van der Waals surface area contributed by atoms with E-state index in [0.29, 0.717) is 30.7 Å². The number of hydrogen-bond donors (Lipinski definition) is 1. The molecule has 6 nitrogen and oxygen atoms in total. The largest absolute Gasteiger partial charge is 0.497 e. The lowest BCUT2D eigenvalue weighted by Crippen LogP contribution is -2.44. The highest BCUT2D eigenvalue weighted by Gasteiger charge is 2.39. The molecule has 1 fully saturated rings. The van der Waals surface area contributed by atoms with Crippen molar-refractivity contribution in [3.8, 4) is 5.75 Å². The minimum absolute atomic E-state index is 0.192. The maximum absolute atomic E-state index is 12.8. The summed E-state index contributed by atoms with van der Waals surface area (Å²) in [5.74, 6) is 0.214. The molecule has 0 spiro atoms. The summed E-state index contributed by atoms with van der Waals surface area (Å²) < 4.78 is 32.1. The molecule has 0 aliphatic carbocycles. The van der Waals surface area contributed by atoms with Crippen LogP contribution >= 0.6 is 0 Å². The predicted octanol–water partition coefficient (Wildman–Crippen LogP) is 0.903. The Balaban J connectivity index is 2.44. The first kappa shape index (κ1) is 15.8. The van der Waals surface area contributed by atoms with Crippen molar-refractivity contribution in [1.29, 1.82) is 0 Å². The summed E-state index contributed by atoms with van der Waals surface area (Å²) in [7, 11) is -0.707. The van der Waals surface area contributed by atoms with E-state index in [2.05, 4.69) is 5.32 Å². The van der Waals surface area contributed by atoms with E-state index in [1.165, 1.54) is 24.5 Å². The van der Waals surface area contributed by atoms with Crippen LogP contribution in [0.15, 0.2) is 23.1 Å². The molecule has 1 atom stereocenters. The number of sulfonamides is 1. The van der Waals surface area contributed by atoms with Gasteiger partial charge < -0.3 is 10.1 Å². The number of benzene rings is 1. The molecule has 0 saturated carbocycles. The van der Waals surface area contributed by atoms with Crippen LogP contribution in [0.25, 0.3) is 0 Å². The van der Waals surface area contributed by atoms with Crippen LogP contribution in [-0.2, 0) is 14.8 Å². The third kappa shape index (κ3) is 2.89. The number of carbonyl (C=O) groups is 1. The highest BCUT2D eigenvalue weighted by atomic mass is 32.2. The van der Waals surface area contributed by atoms with E-state index in [9.17, 15) is 13.2 Å². The molecule has 0 aromatic heterocycles. The average molecular weight is 312 g/mol. The highest BCUT2D eigenvalue weighted by Crippen LogP contribution is 2.30. The van der Waals surface area contributed by atoms with Crippen LogP contribution in [0.1, 0.15) is 18.4 Å². The Bertz CT molecular complexity index is 642. The molecule has 0 bridgehead atoms. The normalized spacial score (nSPS) is 19.5. The Morgan fingerprint density at radius 3 is 2.76 bits per heavy atom. The highest BCUT2D eigenvalue weighted by molar-refractivity contribution is 7.89. The fourth-order valence-corrected chi connectivity index (χ4v) is 4.47. The minimum atomic E-state index is -3.71. The molecule has 7 heteroatoms. The zero-order chi connectivity index (χ0) is 15.6. The molecule has 2 rings (SSSR count). The monoisotopic (exact) mass is 312 g/mol. The summed E-state index contributed by atoms with van der Waals surface area (Å²) in [4.78, 5) is 12.1. The molecule has 1 aromatic rings. The predicted molar refractivity (Wildman–Crippen MR) is 78.7 cm³/mol. The minimum Gasteiger partial charge on any atom is -0.497 e. The summed E-state index contributed by atoms with van der Waals surface area (Å²) in [6.07, 6.45) is 1.22. The first-order chi connectivity index (χ1) is 9.91. The number of carbonyl (C=O) groups excluding carboxylic acids is 1. The molecule has 1 N–H and O–H groups in total. The van der Waals surface area contributed by atoms with Crippen LogP contribution in [0.4, 0.5) is 0 Å². The van der Waals surface area contributed by atoms with Crippen molar-refractivity contribution in [2.24, 2.45) is 0 Å². The first-order valence-electron chi connectivity index (χ1n) is 6.80. The van der Waals surface area contributed by atoms with Crippen LogP contribution in [0.3, 0.4) is 0 Å². The van der Waals surface area contributed by atoms with E-state index in [0.717, 1.165) is 0 Å². The lowest BCUT2D eigenvalue weighted by Gasteiger charge is -2.23. The SMILES string of the molecule is CNC(=O)C1CCCN1S(=O)(=O)c1cc(OC)ccc1C. The van der Waals surface area contributed by atoms with Gasteiger partial charge in [-0.1, -0.05) is 6.07 Å². The molecule has 1 unspecified atom stereocenters. The summed E-state index contributed by atoms with van der Waals surface area (Å²) in [6.45, 7) is 2.09. The van der Waals surface area contributed by atoms with E-state index >= 15 is 0 Å². The van der Waals surface area contributed by atoms with E-state index in [1.54, 1.807) is 19.1 Å². The van der Waals surface area contributed by atoms with E-state index in [4.69, 9.17) is 4.74 Å². The molecule has 1 amide bonds. The maximum Gasteiger partial charge on any atom is 0.244 e. The van der Waals surface area contributed by atoms with E-state index < -0.39 is 16.1 Å². The standard InChI is InChI=1S/C14H20N2O4S/c1-10-6-7-11(20-3)9-13(10)21(18,19)16-8-4-5-12(16)14(17)15-2/h6-7,9,12H,4-5,8H2,1-3H3,(H,15,17). The zero-order valence-corrected chi connectivity index (χ0v) is 13.2. The van der Waals surface area contributed by atoms with Crippen molar-refractivity contribution in [3.05, 3.63) is 23.8 Å². The molecule has 0 radical (unpaired) electrons. The summed E-state index contributed by atoms with van der Waals surface area (Å²) in [5.41, 5.74) is 0.637. The van der Waals surface area contributed by atoms with Gasteiger partial charge in [0.1, 0.15) is 11.8 Å². The lowest BCUT2D eigenvalue weighted by atomic mass is 10.2. The van der Waals surface area contributed by atoms with E-state index in [-0.39, 0.29) is 10.8 Å². The first-order valence-corrected chi connectivity index (χ1v) is 8.24. The van der Waals surface area contributed by atoms with Gasteiger partial charge in [0.05, 0.1) is 12.0 Å². The van der Waals surface area contributed by atoms with Gasteiger partial charge in [-0.05, 0) is 31.4 Å². The molecule has 21 heavy (non-hydrogen) atoms. The second kappa shape index (κ2) is 6.03. The quantitative estimate of drug-likeness (QED) is 0.896. The van der Waals surface area contributed by atoms with Crippen LogP contribution in [0.2, 0.25) is 0 Å². The zero-order valence-electron chi connectivity index (χ0n) is 12.4. The average Bonchev–Trinajstić information content (AvgIpc) is 2.97. The smallest absolute Gasteiger partial charge is 0.244 e. The van der Waals surface area contributed by atoms with Crippen molar-refractivity contribution in [3.63, 3.8) is 0 Å². The van der Waals surface area contributed by atoms with Gasteiger partial charge in [-0.3, -0.25) is 4.79 Å².